The van der Waals surface area contributed by atoms with Gasteiger partial charge in [0, 0.05) is 136 Å². The van der Waals surface area contributed by atoms with E-state index in [-0.39, 0.29) is 17.7 Å². The number of carbonyl (C=O) groups excluding carboxylic acids is 3. The van der Waals surface area contributed by atoms with E-state index in [0.717, 1.165) is 139 Å². The molecule has 87 heavy (non-hydrogen) atoms. The van der Waals surface area contributed by atoms with Crippen LogP contribution in [0.3, 0.4) is 0 Å². The summed E-state index contributed by atoms with van der Waals surface area (Å²) in [5.41, 5.74) is 15.9. The summed E-state index contributed by atoms with van der Waals surface area (Å²) in [5, 5.41) is 11.8. The molecule has 3 amide bonds. The average molecular weight is 1220 g/mol. The Morgan fingerprint density at radius 2 is 0.805 bits per heavy atom. The Morgan fingerprint density at radius 1 is 0.437 bits per heavy atom. The molecule has 0 bridgehead atoms. The quantitative estimate of drug-likeness (QED) is 0.0470. The van der Waals surface area contributed by atoms with E-state index in [9.17, 15) is 14.4 Å². The van der Waals surface area contributed by atoms with Crippen LogP contribution in [0.1, 0.15) is 171 Å². The summed E-state index contributed by atoms with van der Waals surface area (Å²) in [6.07, 6.45) is 26.6. The summed E-state index contributed by atoms with van der Waals surface area (Å²) in [6.45, 7) is 3.92. The fourth-order valence-corrected chi connectivity index (χ4v) is 14.2. The van der Waals surface area contributed by atoms with Crippen LogP contribution in [-0.2, 0) is 12.8 Å². The number of aromatic amines is 3. The molecule has 0 unspecified atom stereocenters. The number of rotatable bonds is 19. The average Bonchev–Trinajstić information content (AvgIpc) is 3.34. The predicted molar refractivity (Wildman–Crippen MR) is 348 cm³/mol. The highest BCUT2D eigenvalue weighted by atomic mass is 35.5. The van der Waals surface area contributed by atoms with Crippen molar-refractivity contribution in [3.8, 4) is 33.4 Å². The van der Waals surface area contributed by atoms with Gasteiger partial charge in [0.05, 0.1) is 16.7 Å². The minimum Gasteiger partial charge on any atom is -0.366 e. The van der Waals surface area contributed by atoms with Gasteiger partial charge in [-0.2, -0.15) is 0 Å². The molecule has 3 fully saturated rings. The third kappa shape index (κ3) is 14.5. The molecule has 15 heteroatoms. The second-order valence-electron chi connectivity index (χ2n) is 24.4. The summed E-state index contributed by atoms with van der Waals surface area (Å²) in [4.78, 5) is 65.8. The first kappa shape index (κ1) is 59.6. The highest BCUT2D eigenvalue weighted by Crippen LogP contribution is 2.40. The Morgan fingerprint density at radius 3 is 1.21 bits per heavy atom. The van der Waals surface area contributed by atoms with E-state index in [1.807, 2.05) is 117 Å². The molecule has 3 aliphatic rings. The molecule has 3 aromatic carbocycles. The molecule has 0 spiro atoms. The third-order valence-electron chi connectivity index (χ3n) is 18.8. The van der Waals surface area contributed by atoms with Crippen LogP contribution < -0.4 is 16.0 Å². The lowest BCUT2D eigenvalue weighted by Gasteiger charge is -2.29. The molecule has 6 aromatic heterocycles. The number of amides is 3. The first-order valence-electron chi connectivity index (χ1n) is 31.0. The summed E-state index contributed by atoms with van der Waals surface area (Å²) >= 11 is 18.9. The van der Waals surface area contributed by atoms with Gasteiger partial charge in [-0.25, -0.2) is 0 Å². The van der Waals surface area contributed by atoms with Gasteiger partial charge in [-0.15, -0.1) is 0 Å². The van der Waals surface area contributed by atoms with E-state index < -0.39 is 0 Å². The van der Waals surface area contributed by atoms with Gasteiger partial charge in [0.25, 0.3) is 17.7 Å². The van der Waals surface area contributed by atoms with Gasteiger partial charge >= 0.3 is 0 Å². The number of hydrogen-bond donors (Lipinski definition) is 6. The highest BCUT2D eigenvalue weighted by molar-refractivity contribution is 6.31. The van der Waals surface area contributed by atoms with Gasteiger partial charge in [-0.3, -0.25) is 29.3 Å². The van der Waals surface area contributed by atoms with Crippen LogP contribution >= 0.6 is 34.8 Å². The summed E-state index contributed by atoms with van der Waals surface area (Å²) in [5.74, 6) is 2.24. The molecule has 446 valence electrons. The molecule has 0 aliphatic heterocycles. The Hall–Kier alpha value is -7.77. The normalized spacial score (nSPS) is 19.5. The topological polar surface area (TPSA) is 173 Å². The number of nitrogens with one attached hydrogen (secondary N) is 6. The molecular formula is C72H74Cl3N9O3. The van der Waals surface area contributed by atoms with E-state index >= 15 is 0 Å². The molecule has 6 heterocycles. The number of nitrogens with zero attached hydrogens (tertiary/aromatic N) is 3. The minimum absolute atomic E-state index is 0.0770. The Kier molecular flexibility index (Phi) is 18.8. The van der Waals surface area contributed by atoms with Crippen molar-refractivity contribution >= 4 is 52.5 Å². The van der Waals surface area contributed by atoms with Crippen molar-refractivity contribution in [1.82, 2.24) is 45.9 Å². The lowest BCUT2D eigenvalue weighted by atomic mass is 9.78. The molecule has 9 aromatic rings. The highest BCUT2D eigenvalue weighted by Gasteiger charge is 2.29. The van der Waals surface area contributed by atoms with Crippen LogP contribution in [0.2, 0.25) is 15.1 Å². The molecule has 12 nitrogen and oxygen atoms in total. The molecule has 3 saturated carbocycles. The van der Waals surface area contributed by atoms with Crippen molar-refractivity contribution in [2.45, 2.75) is 115 Å². The van der Waals surface area contributed by atoms with Crippen molar-refractivity contribution in [2.24, 2.45) is 17.8 Å². The van der Waals surface area contributed by atoms with Crippen LogP contribution in [0.4, 0.5) is 0 Å². The second kappa shape index (κ2) is 27.5. The SMILES string of the molecule is Cc1cc(C2CCC(CNC(=O)c3c[nH]c(Cc4cc(C5CCC(CNC(=O)c6c[nH]c(Cc7cc(C8CCC(CNC(=O)c9c[nH]cc9-c9ccc(Cl)cc9)CC8)ccn7)c6-c6ccc(Cl)cc6)CC5)ccn4)c3-c3ccc(Cl)cc3)CC2)ccn1. The van der Waals surface area contributed by atoms with Crippen LogP contribution in [-0.4, -0.2) is 67.3 Å². The van der Waals surface area contributed by atoms with Crippen molar-refractivity contribution in [3.05, 3.63) is 229 Å². The van der Waals surface area contributed by atoms with Gasteiger partial charge in [-0.1, -0.05) is 71.2 Å². The van der Waals surface area contributed by atoms with Gasteiger partial charge in [0.1, 0.15) is 0 Å². The molecular weight excluding hydrogens is 1150 g/mol. The van der Waals surface area contributed by atoms with E-state index in [2.05, 4.69) is 72.3 Å². The number of pyridine rings is 3. The number of H-pyrrole nitrogens is 3. The van der Waals surface area contributed by atoms with Crippen molar-refractivity contribution in [2.75, 3.05) is 19.6 Å². The van der Waals surface area contributed by atoms with Crippen molar-refractivity contribution in [3.63, 3.8) is 0 Å². The lowest BCUT2D eigenvalue weighted by Crippen LogP contribution is -2.31. The summed E-state index contributed by atoms with van der Waals surface area (Å²) in [7, 11) is 0. The summed E-state index contributed by atoms with van der Waals surface area (Å²) < 4.78 is 0. The molecule has 6 N–H and O–H groups in total. The van der Waals surface area contributed by atoms with E-state index in [1.165, 1.54) is 16.7 Å². The number of carbonyl (C=O) groups is 3. The maximum absolute atomic E-state index is 14.3. The van der Waals surface area contributed by atoms with E-state index in [4.69, 9.17) is 44.8 Å². The zero-order valence-electron chi connectivity index (χ0n) is 49.1. The maximum atomic E-state index is 14.3. The predicted octanol–water partition coefficient (Wildman–Crippen LogP) is 16.4. The fraction of sp³-hybridized carbons (Fsp3) is 0.333. The smallest absolute Gasteiger partial charge is 0.253 e. The fourth-order valence-electron chi connectivity index (χ4n) is 13.9. The van der Waals surface area contributed by atoms with Gasteiger partial charge < -0.3 is 30.9 Å². The minimum atomic E-state index is -0.106. The second-order valence-corrected chi connectivity index (χ2v) is 25.8. The van der Waals surface area contributed by atoms with Crippen LogP contribution in [0, 0.1) is 24.7 Å². The summed E-state index contributed by atoms with van der Waals surface area (Å²) in [6, 6.07) is 36.0. The number of aryl methyl sites for hydroxylation is 1. The van der Waals surface area contributed by atoms with Crippen LogP contribution in [0.5, 0.6) is 0 Å². The first-order chi connectivity index (χ1) is 42.4. The largest absolute Gasteiger partial charge is 0.366 e. The maximum Gasteiger partial charge on any atom is 0.253 e. The molecule has 0 radical (unpaired) electrons. The number of benzene rings is 3. The number of hydrogen-bond acceptors (Lipinski definition) is 6. The van der Waals surface area contributed by atoms with E-state index in [1.54, 1.807) is 6.20 Å². The molecule has 0 atom stereocenters. The number of halogens is 3. The zero-order chi connectivity index (χ0) is 59.8. The van der Waals surface area contributed by atoms with Gasteiger partial charge in [-0.05, 0) is 226 Å². The molecule has 0 saturated heterocycles. The standard InChI is InChI=1S/C72H74Cl3N9O3/c1-44-32-54(26-29-77-44)48-8-2-46(3-9-48)38-83-71(86)64-42-80-66(68(64)52-16-22-58(74)23-17-52)36-61-34-56(28-31-79-61)50-12-6-47(7-13-50)39-84-72(87)65-43-81-67(69(65)53-18-24-59(75)25-19-53)35-60-33-55(27-30-78-60)49-10-4-45(5-11-49)37-82-70(85)63-41-76-40-62(63)51-14-20-57(73)21-15-51/h14-34,40-43,45-50,76,80-81H,2-13,35-39H2,1H3,(H,82,85)(H,83,86)(H,84,87). The first-order valence-corrected chi connectivity index (χ1v) is 32.1. The van der Waals surface area contributed by atoms with Crippen LogP contribution in [0.25, 0.3) is 33.4 Å². The Labute approximate surface area is 524 Å². The lowest BCUT2D eigenvalue weighted by molar-refractivity contribution is 0.0935. The van der Waals surface area contributed by atoms with Crippen LogP contribution in [0.15, 0.2) is 153 Å². The van der Waals surface area contributed by atoms with Crippen molar-refractivity contribution in [1.29, 1.82) is 0 Å². The monoisotopic (exact) mass is 1220 g/mol. The molecule has 12 rings (SSSR count). The van der Waals surface area contributed by atoms with Crippen molar-refractivity contribution < 1.29 is 14.4 Å². The molecule has 3 aliphatic carbocycles. The number of aromatic nitrogens is 6. The van der Waals surface area contributed by atoms with Gasteiger partial charge in [0.15, 0.2) is 0 Å². The Bertz CT molecular complexity index is 3830. The van der Waals surface area contributed by atoms with Gasteiger partial charge in [0.2, 0.25) is 0 Å². The third-order valence-corrected chi connectivity index (χ3v) is 19.5. The Balaban J connectivity index is 0.640. The van der Waals surface area contributed by atoms with E-state index in [0.29, 0.717) is 99.7 Å². The zero-order valence-corrected chi connectivity index (χ0v) is 51.4.